The molecule has 0 aromatic heterocycles. The summed E-state index contributed by atoms with van der Waals surface area (Å²) in [6, 6.07) is 8.95. The van der Waals surface area contributed by atoms with Crippen molar-refractivity contribution in [1.29, 1.82) is 0 Å². The quantitative estimate of drug-likeness (QED) is 0.809. The van der Waals surface area contributed by atoms with E-state index in [4.69, 9.17) is 16.7 Å². The average molecular weight is 299 g/mol. The lowest BCUT2D eigenvalue weighted by atomic mass is 10.1. The molecule has 0 aliphatic rings. The Morgan fingerprint density at radius 2 is 1.35 bits per heavy atom. The zero-order chi connectivity index (χ0) is 15.1. The molecule has 0 fully saturated rings. The zero-order valence-corrected chi connectivity index (χ0v) is 12.2. The van der Waals surface area contributed by atoms with Crippen LogP contribution in [0.25, 0.3) is 0 Å². The van der Waals surface area contributed by atoms with Gasteiger partial charge in [0.05, 0.1) is 6.61 Å². The smallest absolute Gasteiger partial charge is 0.123 e. The molecule has 2 aromatic rings. The summed E-state index contributed by atoms with van der Waals surface area (Å²) >= 11 is 5.56. The SMILES string of the molecule is Cc1cc(F)ccc1CCl.Cc1cc(F)ccc1CO. The predicted molar refractivity (Wildman–Crippen MR) is 77.8 cm³/mol. The molecule has 0 radical (unpaired) electrons. The van der Waals surface area contributed by atoms with Crippen LogP contribution in [0.5, 0.6) is 0 Å². The van der Waals surface area contributed by atoms with E-state index in [0.717, 1.165) is 22.3 Å². The van der Waals surface area contributed by atoms with E-state index in [9.17, 15) is 8.78 Å². The Morgan fingerprint density at radius 3 is 1.70 bits per heavy atom. The van der Waals surface area contributed by atoms with Crippen molar-refractivity contribution in [3.63, 3.8) is 0 Å². The number of rotatable bonds is 2. The van der Waals surface area contributed by atoms with Crippen LogP contribution in [0.15, 0.2) is 36.4 Å². The summed E-state index contributed by atoms with van der Waals surface area (Å²) in [5.74, 6) is -0.00684. The number of aryl methyl sites for hydroxylation is 2. The molecule has 1 nitrogen and oxygen atoms in total. The van der Waals surface area contributed by atoms with Crippen molar-refractivity contribution < 1.29 is 13.9 Å². The van der Waals surface area contributed by atoms with E-state index in [0.29, 0.717) is 5.88 Å². The van der Waals surface area contributed by atoms with E-state index in [1.807, 2.05) is 6.92 Å². The van der Waals surface area contributed by atoms with Crippen LogP contribution in [0.3, 0.4) is 0 Å². The lowest BCUT2D eigenvalue weighted by Gasteiger charge is -1.99. The molecule has 0 atom stereocenters. The molecule has 0 amide bonds. The molecule has 4 heteroatoms. The second kappa shape index (κ2) is 7.98. The summed E-state index contributed by atoms with van der Waals surface area (Å²) in [5.41, 5.74) is 3.47. The first kappa shape index (κ1) is 16.6. The van der Waals surface area contributed by atoms with Gasteiger partial charge in [0.1, 0.15) is 11.6 Å². The minimum absolute atomic E-state index is 0.0217. The Bertz CT molecular complexity index is 519. The van der Waals surface area contributed by atoms with Gasteiger partial charge in [-0.1, -0.05) is 12.1 Å². The molecule has 20 heavy (non-hydrogen) atoms. The lowest BCUT2D eigenvalue weighted by molar-refractivity contribution is 0.281. The standard InChI is InChI=1S/C8H8ClF.C8H9FO/c1-6-4-8(10)3-2-7(6)5-9;1-6-4-8(9)3-2-7(6)5-10/h2-4H,5H2,1H3;2-4,10H,5H2,1H3. The van der Waals surface area contributed by atoms with Crippen molar-refractivity contribution in [1.82, 2.24) is 0 Å². The number of benzene rings is 2. The highest BCUT2D eigenvalue weighted by Crippen LogP contribution is 2.11. The maximum Gasteiger partial charge on any atom is 0.123 e. The van der Waals surface area contributed by atoms with Gasteiger partial charge >= 0.3 is 0 Å². The molecule has 2 aromatic carbocycles. The first-order chi connectivity index (χ1) is 9.47. The molecule has 0 aliphatic carbocycles. The molecule has 108 valence electrons. The number of halogens is 3. The van der Waals surface area contributed by atoms with E-state index in [1.165, 1.54) is 24.3 Å². The Labute approximate surface area is 122 Å². The summed E-state index contributed by atoms with van der Waals surface area (Å²) in [5, 5.41) is 8.69. The van der Waals surface area contributed by atoms with Crippen LogP contribution in [-0.2, 0) is 12.5 Å². The summed E-state index contributed by atoms with van der Waals surface area (Å²) in [7, 11) is 0. The second-order valence-electron chi connectivity index (χ2n) is 4.43. The van der Waals surface area contributed by atoms with Crippen LogP contribution in [0.2, 0.25) is 0 Å². The van der Waals surface area contributed by atoms with E-state index >= 15 is 0 Å². The van der Waals surface area contributed by atoms with Crippen LogP contribution in [0, 0.1) is 25.5 Å². The summed E-state index contributed by atoms with van der Waals surface area (Å²) in [4.78, 5) is 0. The average Bonchev–Trinajstić information content (AvgIpc) is 2.40. The molecule has 0 heterocycles. The minimum Gasteiger partial charge on any atom is -0.392 e. The number of alkyl halides is 1. The lowest BCUT2D eigenvalue weighted by Crippen LogP contribution is -1.88. The van der Waals surface area contributed by atoms with Gasteiger partial charge in [0, 0.05) is 5.88 Å². The molecule has 0 aliphatic heterocycles. The van der Waals surface area contributed by atoms with Crippen molar-refractivity contribution in [3.8, 4) is 0 Å². The molecule has 1 N–H and O–H groups in total. The van der Waals surface area contributed by atoms with Gasteiger partial charge in [0.25, 0.3) is 0 Å². The summed E-state index contributed by atoms with van der Waals surface area (Å²) in [6.07, 6.45) is 0. The highest BCUT2D eigenvalue weighted by atomic mass is 35.5. The van der Waals surface area contributed by atoms with Crippen LogP contribution in [-0.4, -0.2) is 5.11 Å². The van der Waals surface area contributed by atoms with Gasteiger partial charge in [0.2, 0.25) is 0 Å². The first-order valence-electron chi connectivity index (χ1n) is 6.14. The fourth-order valence-electron chi connectivity index (χ4n) is 1.65. The van der Waals surface area contributed by atoms with E-state index in [-0.39, 0.29) is 18.2 Å². The van der Waals surface area contributed by atoms with E-state index in [2.05, 4.69) is 0 Å². The van der Waals surface area contributed by atoms with Crippen LogP contribution >= 0.6 is 11.6 Å². The summed E-state index contributed by atoms with van der Waals surface area (Å²) < 4.78 is 24.8. The summed E-state index contributed by atoms with van der Waals surface area (Å²) in [6.45, 7) is 3.60. The molecule has 2 rings (SSSR count). The molecular weight excluding hydrogens is 282 g/mol. The van der Waals surface area contributed by atoms with Gasteiger partial charge in [-0.15, -0.1) is 11.6 Å². The third-order valence-electron chi connectivity index (χ3n) is 2.92. The van der Waals surface area contributed by atoms with Gasteiger partial charge in [-0.25, -0.2) is 8.78 Å². The molecule has 0 spiro atoms. The van der Waals surface area contributed by atoms with Gasteiger partial charge in [0.15, 0.2) is 0 Å². The Hall–Kier alpha value is -1.45. The Morgan fingerprint density at radius 1 is 0.900 bits per heavy atom. The zero-order valence-electron chi connectivity index (χ0n) is 11.5. The Balaban J connectivity index is 0.000000200. The van der Waals surface area contributed by atoms with Crippen LogP contribution in [0.1, 0.15) is 22.3 Å². The van der Waals surface area contributed by atoms with Gasteiger partial charge in [-0.3, -0.25) is 0 Å². The maximum atomic E-state index is 12.4. The van der Waals surface area contributed by atoms with Gasteiger partial charge < -0.3 is 5.11 Å². The largest absolute Gasteiger partial charge is 0.392 e. The Kier molecular flexibility index (Phi) is 6.62. The molecular formula is C16H17ClF2O. The fourth-order valence-corrected chi connectivity index (χ4v) is 1.95. The van der Waals surface area contributed by atoms with Gasteiger partial charge in [-0.2, -0.15) is 0 Å². The van der Waals surface area contributed by atoms with Crippen molar-refractivity contribution >= 4 is 11.6 Å². The minimum atomic E-state index is -0.255. The highest BCUT2D eigenvalue weighted by Gasteiger charge is 1.97. The monoisotopic (exact) mass is 298 g/mol. The molecule has 0 saturated carbocycles. The number of aliphatic hydroxyl groups is 1. The van der Waals surface area contributed by atoms with Crippen LogP contribution in [0.4, 0.5) is 8.78 Å². The van der Waals surface area contributed by atoms with Gasteiger partial charge in [-0.05, 0) is 60.4 Å². The topological polar surface area (TPSA) is 20.2 Å². The normalized spacial score (nSPS) is 9.90. The predicted octanol–water partition coefficient (Wildman–Crippen LogP) is 4.50. The fraction of sp³-hybridized carbons (Fsp3) is 0.250. The second-order valence-corrected chi connectivity index (χ2v) is 4.70. The molecule has 0 saturated heterocycles. The van der Waals surface area contributed by atoms with E-state index < -0.39 is 0 Å². The van der Waals surface area contributed by atoms with Crippen molar-refractivity contribution in [2.24, 2.45) is 0 Å². The van der Waals surface area contributed by atoms with Crippen LogP contribution < -0.4 is 0 Å². The number of aliphatic hydroxyl groups excluding tert-OH is 1. The number of hydrogen-bond donors (Lipinski definition) is 1. The highest BCUT2D eigenvalue weighted by molar-refractivity contribution is 6.17. The van der Waals surface area contributed by atoms with Crippen molar-refractivity contribution in [2.75, 3.05) is 0 Å². The molecule has 0 bridgehead atoms. The third kappa shape index (κ3) is 4.91. The van der Waals surface area contributed by atoms with Crippen molar-refractivity contribution in [3.05, 3.63) is 70.3 Å². The first-order valence-corrected chi connectivity index (χ1v) is 6.68. The molecule has 0 unspecified atom stereocenters. The third-order valence-corrected chi connectivity index (χ3v) is 3.21. The van der Waals surface area contributed by atoms with Crippen molar-refractivity contribution in [2.45, 2.75) is 26.3 Å². The maximum absolute atomic E-state index is 12.4. The number of hydrogen-bond acceptors (Lipinski definition) is 1. The van der Waals surface area contributed by atoms with E-state index in [1.54, 1.807) is 19.1 Å².